The highest BCUT2D eigenvalue weighted by atomic mass is 16.3. The Bertz CT molecular complexity index is 3500. The van der Waals surface area contributed by atoms with Crippen molar-refractivity contribution in [1.29, 1.82) is 0 Å². The molecule has 7 heteroatoms. The van der Waals surface area contributed by atoms with Crippen LogP contribution >= 0.6 is 0 Å². The Morgan fingerprint density at radius 2 is 0.932 bits per heavy atom. The maximum atomic E-state index is 7.23. The molecule has 4 aromatic heterocycles. The molecule has 0 aliphatic heterocycles. The topological polar surface area (TPSA) is 74.6 Å². The van der Waals surface area contributed by atoms with Crippen molar-refractivity contribution in [2.45, 2.75) is 0 Å². The predicted octanol–water partition coefficient (Wildman–Crippen LogP) is 12.9. The molecule has 0 amide bonds. The standard InChI is InChI=1S/C52H32N6O/c1-4-17-33(18-5-1)36-31-32-40-39-25-16-26-41(47(39)59-48(40)46(36)51-53-42-27-12-15-30-45(42)57(51)35-21-8-3-9-22-35)50-54-49(34-19-6-2-7-20-34)55-52(56-50)58-43-28-13-10-23-37(43)38-24-11-14-29-44(38)58/h1-32H. The molecule has 0 N–H and O–H groups in total. The van der Waals surface area contributed by atoms with E-state index in [0.29, 0.717) is 23.2 Å². The van der Waals surface area contributed by atoms with Crippen molar-refractivity contribution in [2.75, 3.05) is 0 Å². The lowest BCUT2D eigenvalue weighted by Gasteiger charge is -2.14. The van der Waals surface area contributed by atoms with Gasteiger partial charge in [0.15, 0.2) is 11.6 Å². The Balaban J connectivity index is 1.16. The monoisotopic (exact) mass is 756 g/mol. The fourth-order valence-corrected chi connectivity index (χ4v) is 8.59. The molecule has 59 heavy (non-hydrogen) atoms. The number of benzene rings is 8. The first kappa shape index (κ1) is 33.0. The van der Waals surface area contributed by atoms with E-state index in [1.807, 2.05) is 54.6 Å². The molecule has 276 valence electrons. The predicted molar refractivity (Wildman–Crippen MR) is 238 cm³/mol. The molecule has 0 fully saturated rings. The van der Waals surface area contributed by atoms with Crippen LogP contribution in [0.15, 0.2) is 199 Å². The molecule has 4 heterocycles. The minimum Gasteiger partial charge on any atom is -0.454 e. The summed E-state index contributed by atoms with van der Waals surface area (Å²) in [7, 11) is 0. The number of para-hydroxylation sites is 6. The van der Waals surface area contributed by atoms with Gasteiger partial charge in [-0.2, -0.15) is 9.97 Å². The van der Waals surface area contributed by atoms with Crippen LogP contribution in [-0.4, -0.2) is 29.1 Å². The van der Waals surface area contributed by atoms with Crippen LogP contribution in [0.2, 0.25) is 0 Å². The summed E-state index contributed by atoms with van der Waals surface area (Å²) in [6.07, 6.45) is 0. The van der Waals surface area contributed by atoms with E-state index in [0.717, 1.165) is 88.5 Å². The van der Waals surface area contributed by atoms with Crippen LogP contribution in [0.4, 0.5) is 0 Å². The Morgan fingerprint density at radius 1 is 0.356 bits per heavy atom. The molecule has 0 aliphatic carbocycles. The van der Waals surface area contributed by atoms with Gasteiger partial charge in [-0.3, -0.25) is 9.13 Å². The molecule has 0 radical (unpaired) electrons. The molecule has 0 bridgehead atoms. The first-order valence-corrected chi connectivity index (χ1v) is 19.7. The summed E-state index contributed by atoms with van der Waals surface area (Å²) in [6, 6.07) is 66.6. The number of furan rings is 1. The third-order valence-electron chi connectivity index (χ3n) is 11.2. The Kier molecular flexibility index (Phi) is 7.40. The third kappa shape index (κ3) is 5.22. The van der Waals surface area contributed by atoms with Crippen molar-refractivity contribution in [2.24, 2.45) is 0 Å². The van der Waals surface area contributed by atoms with Gasteiger partial charge < -0.3 is 4.42 Å². The molecule has 0 aliphatic rings. The SMILES string of the molecule is c1ccc(-c2nc(-c3cccc4c3oc3c(-c5nc6ccccc6n5-c5ccccc5)c(-c5ccccc5)ccc34)nc(-n3c4ccccc4c4ccccc43)n2)cc1. The first-order valence-electron chi connectivity index (χ1n) is 19.7. The summed E-state index contributed by atoms with van der Waals surface area (Å²) in [6.45, 7) is 0. The van der Waals surface area contributed by atoms with Crippen molar-refractivity contribution < 1.29 is 4.42 Å². The minimum absolute atomic E-state index is 0.515. The molecule has 8 aromatic carbocycles. The minimum atomic E-state index is 0.515. The Hall–Kier alpha value is -8.16. The van der Waals surface area contributed by atoms with Gasteiger partial charge in [-0.25, -0.2) is 9.97 Å². The highest BCUT2D eigenvalue weighted by Gasteiger charge is 2.26. The van der Waals surface area contributed by atoms with Crippen LogP contribution < -0.4 is 0 Å². The number of aromatic nitrogens is 6. The van der Waals surface area contributed by atoms with E-state index in [-0.39, 0.29) is 0 Å². The van der Waals surface area contributed by atoms with Gasteiger partial charge in [-0.1, -0.05) is 146 Å². The highest BCUT2D eigenvalue weighted by molar-refractivity contribution is 6.15. The second kappa shape index (κ2) is 13.2. The van der Waals surface area contributed by atoms with Gasteiger partial charge in [0.1, 0.15) is 17.0 Å². The summed E-state index contributed by atoms with van der Waals surface area (Å²) >= 11 is 0. The maximum absolute atomic E-state index is 7.23. The van der Waals surface area contributed by atoms with Gasteiger partial charge in [0.25, 0.3) is 0 Å². The quantitative estimate of drug-likeness (QED) is 0.169. The summed E-state index contributed by atoms with van der Waals surface area (Å²) in [5.41, 5.74) is 11.0. The molecule has 12 rings (SSSR count). The second-order valence-corrected chi connectivity index (χ2v) is 14.6. The van der Waals surface area contributed by atoms with Crippen molar-refractivity contribution in [3.05, 3.63) is 194 Å². The largest absolute Gasteiger partial charge is 0.454 e. The van der Waals surface area contributed by atoms with E-state index in [1.54, 1.807) is 0 Å². The van der Waals surface area contributed by atoms with Gasteiger partial charge >= 0.3 is 0 Å². The summed E-state index contributed by atoms with van der Waals surface area (Å²) in [4.78, 5) is 21.0. The second-order valence-electron chi connectivity index (χ2n) is 14.6. The number of rotatable bonds is 6. The molecule has 0 atom stereocenters. The van der Waals surface area contributed by atoms with Crippen molar-refractivity contribution in [1.82, 2.24) is 29.1 Å². The average Bonchev–Trinajstić information content (AvgIpc) is 3.99. The van der Waals surface area contributed by atoms with Crippen LogP contribution in [-0.2, 0) is 0 Å². The van der Waals surface area contributed by atoms with E-state index in [9.17, 15) is 0 Å². The maximum Gasteiger partial charge on any atom is 0.238 e. The fourth-order valence-electron chi connectivity index (χ4n) is 8.59. The molecule has 12 aromatic rings. The van der Waals surface area contributed by atoms with Gasteiger partial charge in [0, 0.05) is 32.8 Å². The van der Waals surface area contributed by atoms with Gasteiger partial charge in [-0.05, 0) is 59.7 Å². The van der Waals surface area contributed by atoms with E-state index in [1.165, 1.54) is 0 Å². The zero-order valence-electron chi connectivity index (χ0n) is 31.6. The molecule has 0 unspecified atom stereocenters. The average molecular weight is 757 g/mol. The van der Waals surface area contributed by atoms with Crippen LogP contribution in [0.5, 0.6) is 0 Å². The number of hydrogen-bond donors (Lipinski definition) is 0. The Morgan fingerprint density at radius 3 is 1.66 bits per heavy atom. The number of nitrogens with zero attached hydrogens (tertiary/aromatic N) is 6. The van der Waals surface area contributed by atoms with Gasteiger partial charge in [0.05, 0.1) is 33.2 Å². The molecular weight excluding hydrogens is 725 g/mol. The van der Waals surface area contributed by atoms with Crippen LogP contribution in [0.25, 0.3) is 112 Å². The lowest BCUT2D eigenvalue weighted by molar-refractivity contribution is 0.670. The molecule has 7 nitrogen and oxygen atoms in total. The van der Waals surface area contributed by atoms with Gasteiger partial charge in [-0.15, -0.1) is 0 Å². The van der Waals surface area contributed by atoms with Crippen molar-refractivity contribution in [3.8, 4) is 56.9 Å². The first-order chi connectivity index (χ1) is 29.3. The van der Waals surface area contributed by atoms with Crippen molar-refractivity contribution >= 4 is 54.8 Å². The van der Waals surface area contributed by atoms with Crippen LogP contribution in [0, 0.1) is 0 Å². The van der Waals surface area contributed by atoms with E-state index in [2.05, 4.69) is 149 Å². The summed E-state index contributed by atoms with van der Waals surface area (Å²) < 4.78 is 11.6. The summed E-state index contributed by atoms with van der Waals surface area (Å²) in [5.74, 6) is 2.41. The zero-order chi connectivity index (χ0) is 38.9. The van der Waals surface area contributed by atoms with E-state index in [4.69, 9.17) is 24.4 Å². The highest BCUT2D eigenvalue weighted by Crippen LogP contribution is 2.45. The molecule has 0 saturated carbocycles. The smallest absolute Gasteiger partial charge is 0.238 e. The van der Waals surface area contributed by atoms with E-state index < -0.39 is 0 Å². The van der Waals surface area contributed by atoms with Crippen LogP contribution in [0.1, 0.15) is 0 Å². The number of hydrogen-bond acceptors (Lipinski definition) is 5. The molecular formula is C52H32N6O. The number of fused-ring (bicyclic) bond motifs is 7. The van der Waals surface area contributed by atoms with Crippen molar-refractivity contribution in [3.63, 3.8) is 0 Å². The van der Waals surface area contributed by atoms with Crippen LogP contribution in [0.3, 0.4) is 0 Å². The molecule has 0 saturated heterocycles. The fraction of sp³-hybridized carbons (Fsp3) is 0. The third-order valence-corrected chi connectivity index (χ3v) is 11.2. The summed E-state index contributed by atoms with van der Waals surface area (Å²) in [5, 5.41) is 4.20. The molecule has 0 spiro atoms. The van der Waals surface area contributed by atoms with E-state index >= 15 is 0 Å². The van der Waals surface area contributed by atoms with Gasteiger partial charge in [0.2, 0.25) is 5.95 Å². The zero-order valence-corrected chi connectivity index (χ0v) is 31.6. The number of imidazole rings is 1. The normalized spacial score (nSPS) is 11.7. The Labute approximate surface area is 338 Å². The lowest BCUT2D eigenvalue weighted by atomic mass is 9.96. The lowest BCUT2D eigenvalue weighted by Crippen LogP contribution is -2.06.